The summed E-state index contributed by atoms with van der Waals surface area (Å²) in [7, 11) is 0. The van der Waals surface area contributed by atoms with E-state index in [9.17, 15) is 9.90 Å². The van der Waals surface area contributed by atoms with Crippen molar-refractivity contribution in [2.45, 2.75) is 13.8 Å². The van der Waals surface area contributed by atoms with Crippen molar-refractivity contribution in [3.63, 3.8) is 0 Å². The molecule has 1 aromatic carbocycles. The lowest BCUT2D eigenvalue weighted by Gasteiger charge is -2.25. The van der Waals surface area contributed by atoms with Gasteiger partial charge in [-0.05, 0) is 62.4 Å². The molecule has 1 amide bonds. The normalized spacial score (nSPS) is 12.6. The van der Waals surface area contributed by atoms with E-state index in [4.69, 9.17) is 0 Å². The summed E-state index contributed by atoms with van der Waals surface area (Å²) in [6.07, 6.45) is 14.2. The molecule has 124 valence electrons. The topological polar surface area (TPSA) is 40.5 Å². The van der Waals surface area contributed by atoms with Crippen LogP contribution in [0.4, 0.5) is 0 Å². The van der Waals surface area contributed by atoms with E-state index in [0.717, 1.165) is 0 Å². The lowest BCUT2D eigenvalue weighted by Crippen LogP contribution is -2.28. The molecule has 0 heterocycles. The second-order valence-corrected chi connectivity index (χ2v) is 4.84. The number of rotatable bonds is 7. The third-order valence-electron chi connectivity index (χ3n) is 3.09. The molecule has 0 saturated heterocycles. The second-order valence-electron chi connectivity index (χ2n) is 4.84. The summed E-state index contributed by atoms with van der Waals surface area (Å²) in [4.78, 5) is 14.6. The summed E-state index contributed by atoms with van der Waals surface area (Å²) in [6, 6.07) is 6.16. The molecule has 1 N–H and O–H groups in total. The maximum atomic E-state index is 13.1. The number of allylic oxidation sites excluding steroid dienone is 8. The summed E-state index contributed by atoms with van der Waals surface area (Å²) < 4.78 is 0. The molecule has 0 fully saturated rings. The fourth-order valence-electron chi connectivity index (χ4n) is 2.11. The third-order valence-corrected chi connectivity index (χ3v) is 3.09. The van der Waals surface area contributed by atoms with E-state index in [0.29, 0.717) is 17.0 Å². The van der Waals surface area contributed by atoms with Crippen LogP contribution in [-0.4, -0.2) is 15.9 Å². The number of nitrogens with zero attached hydrogens (tertiary/aromatic N) is 1. The Morgan fingerprint density at radius 1 is 0.958 bits per heavy atom. The average molecular weight is 321 g/mol. The molecule has 0 unspecified atom stereocenters. The first-order valence-corrected chi connectivity index (χ1v) is 7.63. The summed E-state index contributed by atoms with van der Waals surface area (Å²) in [5, 5.41) is 9.44. The van der Waals surface area contributed by atoms with E-state index in [1.165, 1.54) is 12.1 Å². The molecule has 0 radical (unpaired) electrons. The Bertz CT molecular complexity index is 670. The van der Waals surface area contributed by atoms with E-state index < -0.39 is 0 Å². The van der Waals surface area contributed by atoms with Crippen LogP contribution in [0.15, 0.2) is 97.4 Å². The van der Waals surface area contributed by atoms with Gasteiger partial charge >= 0.3 is 0 Å². The largest absolute Gasteiger partial charge is 0.508 e. The Kier molecular flexibility index (Phi) is 7.79. The maximum absolute atomic E-state index is 13.1. The zero-order valence-electron chi connectivity index (χ0n) is 14.1. The number of hydrogen-bond acceptors (Lipinski definition) is 2. The van der Waals surface area contributed by atoms with Gasteiger partial charge in [-0.2, -0.15) is 0 Å². The second kappa shape index (κ2) is 9.85. The molecule has 0 aliphatic heterocycles. The minimum absolute atomic E-state index is 0.115. The standard InChI is InChI=1S/C21H23NO2/c1-5-9-18(10-6-2)22(19(11-7-3)12-8-4)21(24)17-13-15-20(23)16-14-17/h5-16,23H,1,3H2,2,4H3/b10-6-,12-8-,18-9+,19-11+. The molecule has 0 saturated carbocycles. The number of benzene rings is 1. The Hall–Kier alpha value is -3.07. The van der Waals surface area contributed by atoms with Gasteiger partial charge in [-0.15, -0.1) is 0 Å². The van der Waals surface area contributed by atoms with Gasteiger partial charge < -0.3 is 5.11 Å². The van der Waals surface area contributed by atoms with Gasteiger partial charge in [-0.25, -0.2) is 0 Å². The van der Waals surface area contributed by atoms with Crippen LogP contribution in [0.1, 0.15) is 24.2 Å². The quantitative estimate of drug-likeness (QED) is 0.708. The van der Waals surface area contributed by atoms with Gasteiger partial charge in [-0.3, -0.25) is 9.69 Å². The predicted octanol–water partition coefficient (Wildman–Crippen LogP) is 5.13. The molecular weight excluding hydrogens is 298 g/mol. The number of phenols is 1. The number of hydrogen-bond donors (Lipinski definition) is 1. The van der Waals surface area contributed by atoms with Crippen LogP contribution in [0, 0.1) is 0 Å². The highest BCUT2D eigenvalue weighted by Crippen LogP contribution is 2.22. The first kappa shape index (κ1) is 19.0. The lowest BCUT2D eigenvalue weighted by atomic mass is 10.1. The summed E-state index contributed by atoms with van der Waals surface area (Å²) in [5.41, 5.74) is 1.82. The number of amides is 1. The minimum atomic E-state index is -0.215. The molecule has 1 aromatic rings. The van der Waals surface area contributed by atoms with Gasteiger partial charge in [0.05, 0.1) is 0 Å². The number of carbonyl (C=O) groups excluding carboxylic acids is 1. The van der Waals surface area contributed by atoms with Crippen molar-refractivity contribution < 1.29 is 9.90 Å². The number of aromatic hydroxyl groups is 1. The van der Waals surface area contributed by atoms with Crippen molar-refractivity contribution in [1.29, 1.82) is 0 Å². The molecular formula is C21H23NO2. The van der Waals surface area contributed by atoms with E-state index in [2.05, 4.69) is 13.2 Å². The Morgan fingerprint density at radius 2 is 1.42 bits per heavy atom. The number of phenolic OH excluding ortho intramolecular Hbond substituents is 1. The first-order chi connectivity index (χ1) is 11.6. The zero-order valence-corrected chi connectivity index (χ0v) is 14.1. The SMILES string of the molecule is C=C/C=C(\C=C/C)N(C(=O)c1ccc(O)cc1)C(/C=C\C)=C/C=C. The van der Waals surface area contributed by atoms with Crippen molar-refractivity contribution in [1.82, 2.24) is 4.90 Å². The van der Waals surface area contributed by atoms with Gasteiger partial charge in [0.2, 0.25) is 0 Å². The van der Waals surface area contributed by atoms with Crippen LogP contribution >= 0.6 is 0 Å². The fourth-order valence-corrected chi connectivity index (χ4v) is 2.11. The molecule has 0 spiro atoms. The van der Waals surface area contributed by atoms with Crippen LogP contribution in [-0.2, 0) is 0 Å². The minimum Gasteiger partial charge on any atom is -0.508 e. The van der Waals surface area contributed by atoms with Crippen molar-refractivity contribution >= 4 is 5.91 Å². The van der Waals surface area contributed by atoms with E-state index >= 15 is 0 Å². The van der Waals surface area contributed by atoms with Crippen molar-refractivity contribution in [2.75, 3.05) is 0 Å². The van der Waals surface area contributed by atoms with E-state index in [1.54, 1.807) is 41.3 Å². The van der Waals surface area contributed by atoms with Crippen LogP contribution in [0.5, 0.6) is 5.75 Å². The highest BCUT2D eigenvalue weighted by Gasteiger charge is 2.20. The molecule has 3 heteroatoms. The highest BCUT2D eigenvalue weighted by molar-refractivity contribution is 5.97. The molecule has 0 aromatic heterocycles. The molecule has 0 aliphatic rings. The van der Waals surface area contributed by atoms with Crippen LogP contribution in [0.3, 0.4) is 0 Å². The molecule has 0 aliphatic carbocycles. The third kappa shape index (κ3) is 4.99. The van der Waals surface area contributed by atoms with Gasteiger partial charge in [0.25, 0.3) is 5.91 Å². The fraction of sp³-hybridized carbons (Fsp3) is 0.0952. The average Bonchev–Trinajstić information content (AvgIpc) is 2.56. The van der Waals surface area contributed by atoms with Crippen LogP contribution in [0.2, 0.25) is 0 Å². The van der Waals surface area contributed by atoms with Gasteiger partial charge in [0.1, 0.15) is 5.75 Å². The lowest BCUT2D eigenvalue weighted by molar-refractivity contribution is 0.0852. The van der Waals surface area contributed by atoms with Gasteiger partial charge in [0, 0.05) is 17.0 Å². The summed E-state index contributed by atoms with van der Waals surface area (Å²) in [6.45, 7) is 11.2. The molecule has 24 heavy (non-hydrogen) atoms. The molecule has 1 rings (SSSR count). The van der Waals surface area contributed by atoms with Gasteiger partial charge in [0.15, 0.2) is 0 Å². The highest BCUT2D eigenvalue weighted by atomic mass is 16.3. The van der Waals surface area contributed by atoms with Crippen molar-refractivity contribution in [2.24, 2.45) is 0 Å². The first-order valence-electron chi connectivity index (χ1n) is 7.63. The van der Waals surface area contributed by atoms with Crippen LogP contribution in [0.25, 0.3) is 0 Å². The molecule has 0 bridgehead atoms. The molecule has 3 nitrogen and oxygen atoms in total. The summed E-state index contributed by atoms with van der Waals surface area (Å²) >= 11 is 0. The van der Waals surface area contributed by atoms with Crippen molar-refractivity contribution in [3.8, 4) is 5.75 Å². The van der Waals surface area contributed by atoms with Crippen molar-refractivity contribution in [3.05, 3.63) is 103 Å². The smallest absolute Gasteiger partial charge is 0.262 e. The Labute approximate surface area is 143 Å². The Balaban J connectivity index is 3.51. The monoisotopic (exact) mass is 321 g/mol. The summed E-state index contributed by atoms with van der Waals surface area (Å²) in [5.74, 6) is -0.101. The Morgan fingerprint density at radius 3 is 1.79 bits per heavy atom. The number of carbonyl (C=O) groups is 1. The van der Waals surface area contributed by atoms with Gasteiger partial charge in [-0.1, -0.05) is 37.5 Å². The van der Waals surface area contributed by atoms with E-state index in [-0.39, 0.29) is 11.7 Å². The zero-order chi connectivity index (χ0) is 17.9. The predicted molar refractivity (Wildman–Crippen MR) is 100 cm³/mol. The van der Waals surface area contributed by atoms with E-state index in [1.807, 2.05) is 38.2 Å². The van der Waals surface area contributed by atoms with Crippen LogP contribution < -0.4 is 0 Å². The maximum Gasteiger partial charge on any atom is 0.262 e. The molecule has 0 atom stereocenters.